The summed E-state index contributed by atoms with van der Waals surface area (Å²) in [6.45, 7) is 3.20. The molecule has 0 aliphatic heterocycles. The van der Waals surface area contributed by atoms with Crippen molar-refractivity contribution in [2.75, 3.05) is 0 Å². The molecular weight excluding hydrogens is 218 g/mol. The van der Waals surface area contributed by atoms with Crippen LogP contribution in [0.1, 0.15) is 24.0 Å². The third-order valence-electron chi connectivity index (χ3n) is 3.55. The molecule has 0 bridgehead atoms. The molecule has 0 spiro atoms. The van der Waals surface area contributed by atoms with E-state index in [1.807, 2.05) is 0 Å². The van der Waals surface area contributed by atoms with Crippen molar-refractivity contribution >= 4 is 0 Å². The Morgan fingerprint density at radius 3 is 2.50 bits per heavy atom. The highest BCUT2D eigenvalue weighted by molar-refractivity contribution is 5.67. The van der Waals surface area contributed by atoms with Crippen LogP contribution >= 0.6 is 0 Å². The van der Waals surface area contributed by atoms with E-state index in [0.717, 1.165) is 12.6 Å². The normalized spacial score (nSPS) is 14.7. The van der Waals surface area contributed by atoms with Crippen LogP contribution in [0.5, 0.6) is 0 Å². The standard InChI is InChI=1S/C17H19N/c1-13-11-14(12-18-16-8-9-16)7-10-17(13)15-5-3-2-4-6-15/h2-7,10-11,16,18H,8-9,12H2,1H3. The van der Waals surface area contributed by atoms with Crippen molar-refractivity contribution in [2.45, 2.75) is 32.4 Å². The monoisotopic (exact) mass is 237 g/mol. The first-order valence-corrected chi connectivity index (χ1v) is 6.71. The Labute approximate surface area is 109 Å². The lowest BCUT2D eigenvalue weighted by Gasteiger charge is -2.09. The third-order valence-corrected chi connectivity index (χ3v) is 3.55. The highest BCUT2D eigenvalue weighted by atomic mass is 14.9. The molecule has 2 aromatic rings. The van der Waals surface area contributed by atoms with E-state index < -0.39 is 0 Å². The lowest BCUT2D eigenvalue weighted by molar-refractivity contribution is 0.687. The smallest absolute Gasteiger partial charge is 0.0208 e. The zero-order chi connectivity index (χ0) is 12.4. The number of aryl methyl sites for hydroxylation is 1. The number of benzene rings is 2. The van der Waals surface area contributed by atoms with Crippen LogP contribution in [-0.4, -0.2) is 6.04 Å². The fraction of sp³-hybridized carbons (Fsp3) is 0.294. The van der Waals surface area contributed by atoms with E-state index in [2.05, 4.69) is 60.8 Å². The summed E-state index contributed by atoms with van der Waals surface area (Å²) in [5.74, 6) is 0. The maximum absolute atomic E-state index is 3.56. The second-order valence-electron chi connectivity index (χ2n) is 5.17. The topological polar surface area (TPSA) is 12.0 Å². The van der Waals surface area contributed by atoms with Gasteiger partial charge in [0.15, 0.2) is 0 Å². The van der Waals surface area contributed by atoms with Crippen LogP contribution < -0.4 is 5.32 Å². The van der Waals surface area contributed by atoms with Crippen LogP contribution in [0.25, 0.3) is 11.1 Å². The molecule has 0 aromatic heterocycles. The van der Waals surface area contributed by atoms with Crippen LogP contribution in [-0.2, 0) is 6.54 Å². The fourth-order valence-electron chi connectivity index (χ4n) is 2.33. The molecular formula is C17H19N. The fourth-order valence-corrected chi connectivity index (χ4v) is 2.33. The van der Waals surface area contributed by atoms with Crippen LogP contribution in [0.3, 0.4) is 0 Å². The first-order chi connectivity index (χ1) is 8.83. The molecule has 1 saturated carbocycles. The van der Waals surface area contributed by atoms with Gasteiger partial charge in [0.05, 0.1) is 0 Å². The van der Waals surface area contributed by atoms with E-state index in [9.17, 15) is 0 Å². The molecule has 2 aromatic carbocycles. The van der Waals surface area contributed by atoms with Gasteiger partial charge >= 0.3 is 0 Å². The van der Waals surface area contributed by atoms with Crippen LogP contribution in [0, 0.1) is 6.92 Å². The van der Waals surface area contributed by atoms with Crippen molar-refractivity contribution < 1.29 is 0 Å². The number of nitrogens with one attached hydrogen (secondary N) is 1. The Bertz CT molecular complexity index is 527. The van der Waals surface area contributed by atoms with Crippen molar-refractivity contribution in [3.8, 4) is 11.1 Å². The van der Waals surface area contributed by atoms with Crippen LogP contribution in [0.4, 0.5) is 0 Å². The molecule has 92 valence electrons. The van der Waals surface area contributed by atoms with E-state index in [1.165, 1.54) is 35.1 Å². The van der Waals surface area contributed by atoms with E-state index in [-0.39, 0.29) is 0 Å². The first kappa shape index (κ1) is 11.5. The summed E-state index contributed by atoms with van der Waals surface area (Å²) >= 11 is 0. The molecule has 1 heteroatoms. The van der Waals surface area contributed by atoms with E-state index >= 15 is 0 Å². The summed E-state index contributed by atoms with van der Waals surface area (Å²) in [5, 5.41) is 3.56. The highest BCUT2D eigenvalue weighted by Gasteiger charge is 2.19. The summed E-state index contributed by atoms with van der Waals surface area (Å²) in [4.78, 5) is 0. The minimum atomic E-state index is 0.777. The minimum absolute atomic E-state index is 0.777. The molecule has 3 rings (SSSR count). The van der Waals surface area contributed by atoms with Gasteiger partial charge in [0.25, 0.3) is 0 Å². The quantitative estimate of drug-likeness (QED) is 0.850. The molecule has 18 heavy (non-hydrogen) atoms. The van der Waals surface area contributed by atoms with Gasteiger partial charge in [-0.15, -0.1) is 0 Å². The molecule has 1 aliphatic rings. The molecule has 0 saturated heterocycles. The molecule has 0 amide bonds. The average Bonchev–Trinajstić information content (AvgIpc) is 3.21. The summed E-state index contributed by atoms with van der Waals surface area (Å²) in [7, 11) is 0. The van der Waals surface area contributed by atoms with Crippen molar-refractivity contribution in [2.24, 2.45) is 0 Å². The van der Waals surface area contributed by atoms with Crippen LogP contribution in [0.2, 0.25) is 0 Å². The third kappa shape index (κ3) is 2.62. The number of hydrogen-bond acceptors (Lipinski definition) is 1. The van der Waals surface area contributed by atoms with Gasteiger partial charge in [0, 0.05) is 12.6 Å². The van der Waals surface area contributed by atoms with Gasteiger partial charge in [0.1, 0.15) is 0 Å². The predicted octanol–water partition coefficient (Wildman–Crippen LogP) is 3.91. The van der Waals surface area contributed by atoms with Gasteiger partial charge < -0.3 is 5.32 Å². The van der Waals surface area contributed by atoms with Crippen molar-refractivity contribution in [3.05, 3.63) is 59.7 Å². The van der Waals surface area contributed by atoms with Gasteiger partial charge in [-0.2, -0.15) is 0 Å². The second-order valence-corrected chi connectivity index (χ2v) is 5.17. The molecule has 1 aliphatic carbocycles. The zero-order valence-electron chi connectivity index (χ0n) is 10.8. The molecule has 1 nitrogen and oxygen atoms in total. The Morgan fingerprint density at radius 1 is 1.06 bits per heavy atom. The zero-order valence-corrected chi connectivity index (χ0v) is 10.8. The molecule has 1 N–H and O–H groups in total. The predicted molar refractivity (Wildman–Crippen MR) is 76.5 cm³/mol. The summed E-state index contributed by atoms with van der Waals surface area (Å²) < 4.78 is 0. The van der Waals surface area contributed by atoms with E-state index in [1.54, 1.807) is 0 Å². The summed E-state index contributed by atoms with van der Waals surface area (Å²) in [6, 6.07) is 18.2. The molecule has 0 unspecified atom stereocenters. The highest BCUT2D eigenvalue weighted by Crippen LogP contribution is 2.24. The molecule has 1 fully saturated rings. The molecule has 0 radical (unpaired) electrons. The average molecular weight is 237 g/mol. The summed E-state index contributed by atoms with van der Waals surface area (Å²) in [5.41, 5.74) is 5.39. The number of hydrogen-bond donors (Lipinski definition) is 1. The Morgan fingerprint density at radius 2 is 1.83 bits per heavy atom. The molecule has 0 atom stereocenters. The Kier molecular flexibility index (Phi) is 3.16. The van der Waals surface area contributed by atoms with Gasteiger partial charge in [0.2, 0.25) is 0 Å². The van der Waals surface area contributed by atoms with Gasteiger partial charge in [-0.25, -0.2) is 0 Å². The van der Waals surface area contributed by atoms with Crippen molar-refractivity contribution in [1.29, 1.82) is 0 Å². The SMILES string of the molecule is Cc1cc(CNC2CC2)ccc1-c1ccccc1. The van der Waals surface area contributed by atoms with Crippen molar-refractivity contribution in [3.63, 3.8) is 0 Å². The van der Waals surface area contributed by atoms with E-state index in [4.69, 9.17) is 0 Å². The lowest BCUT2D eigenvalue weighted by atomic mass is 9.98. The Hall–Kier alpha value is -1.60. The van der Waals surface area contributed by atoms with Gasteiger partial charge in [-0.3, -0.25) is 0 Å². The largest absolute Gasteiger partial charge is 0.310 e. The lowest BCUT2D eigenvalue weighted by Crippen LogP contribution is -2.15. The van der Waals surface area contributed by atoms with Gasteiger partial charge in [-0.1, -0.05) is 48.5 Å². The maximum Gasteiger partial charge on any atom is 0.0208 e. The minimum Gasteiger partial charge on any atom is -0.310 e. The Balaban J connectivity index is 1.80. The maximum atomic E-state index is 3.56. The van der Waals surface area contributed by atoms with Gasteiger partial charge in [-0.05, 0) is 42.0 Å². The first-order valence-electron chi connectivity index (χ1n) is 6.71. The number of rotatable bonds is 4. The van der Waals surface area contributed by atoms with E-state index in [0.29, 0.717) is 0 Å². The molecule has 0 heterocycles. The summed E-state index contributed by atoms with van der Waals surface area (Å²) in [6.07, 6.45) is 2.70. The van der Waals surface area contributed by atoms with Crippen molar-refractivity contribution in [1.82, 2.24) is 5.32 Å². The second kappa shape index (κ2) is 4.95. The van der Waals surface area contributed by atoms with Crippen LogP contribution in [0.15, 0.2) is 48.5 Å².